The standard InChI is InChI=1S/C18H16N4O/c1-16(2,3)23-14-6-11-12-4-5-13(15(11)14)18(9-21,10-22)17(12,7-19)8-20/h4-6,11-13,15H,1-3H3/t11-,12-,13-,15+/m1/s1. The molecule has 114 valence electrons. The van der Waals surface area contributed by atoms with E-state index in [9.17, 15) is 21.0 Å². The van der Waals surface area contributed by atoms with Crippen molar-refractivity contribution in [3.05, 3.63) is 24.0 Å². The van der Waals surface area contributed by atoms with Gasteiger partial charge in [0.15, 0.2) is 10.8 Å². The van der Waals surface area contributed by atoms with E-state index in [2.05, 4.69) is 0 Å². The van der Waals surface area contributed by atoms with Gasteiger partial charge >= 0.3 is 0 Å². The van der Waals surface area contributed by atoms with Crippen molar-refractivity contribution in [3.63, 3.8) is 0 Å². The molecule has 23 heavy (non-hydrogen) atoms. The van der Waals surface area contributed by atoms with Crippen molar-refractivity contribution in [2.75, 3.05) is 0 Å². The number of ether oxygens (including phenoxy) is 1. The monoisotopic (exact) mass is 304 g/mol. The first-order valence-corrected chi connectivity index (χ1v) is 7.54. The third kappa shape index (κ3) is 1.58. The maximum Gasteiger partial charge on any atom is 0.182 e. The molecule has 5 nitrogen and oxygen atoms in total. The van der Waals surface area contributed by atoms with Gasteiger partial charge < -0.3 is 4.74 Å². The highest BCUT2D eigenvalue weighted by Crippen LogP contribution is 2.68. The third-order valence-electron chi connectivity index (χ3n) is 5.18. The summed E-state index contributed by atoms with van der Waals surface area (Å²) >= 11 is 0. The molecule has 4 aliphatic carbocycles. The summed E-state index contributed by atoms with van der Waals surface area (Å²) in [5, 5.41) is 38.8. The first kappa shape index (κ1) is 15.1. The second-order valence-corrected chi connectivity index (χ2v) is 7.39. The van der Waals surface area contributed by atoms with E-state index in [0.717, 1.165) is 5.76 Å². The van der Waals surface area contributed by atoms with E-state index in [0.29, 0.717) is 0 Å². The Morgan fingerprint density at radius 2 is 1.39 bits per heavy atom. The van der Waals surface area contributed by atoms with Crippen molar-refractivity contribution in [2.45, 2.75) is 26.4 Å². The molecule has 0 heterocycles. The predicted molar refractivity (Wildman–Crippen MR) is 79.3 cm³/mol. The molecule has 0 aromatic heterocycles. The van der Waals surface area contributed by atoms with E-state index < -0.39 is 22.7 Å². The molecule has 0 aromatic carbocycles. The Labute approximate surface area is 135 Å². The average molecular weight is 304 g/mol. The minimum absolute atomic E-state index is 0.0310. The number of allylic oxidation sites excluding steroid dienone is 4. The van der Waals surface area contributed by atoms with E-state index in [4.69, 9.17) is 4.74 Å². The maximum absolute atomic E-state index is 9.74. The van der Waals surface area contributed by atoms with E-state index in [1.165, 1.54) is 0 Å². The van der Waals surface area contributed by atoms with E-state index >= 15 is 0 Å². The topological polar surface area (TPSA) is 104 Å². The Balaban J connectivity index is 2.14. The molecule has 0 N–H and O–H groups in total. The van der Waals surface area contributed by atoms with Crippen molar-refractivity contribution in [1.29, 1.82) is 21.0 Å². The molecule has 0 aliphatic heterocycles. The molecule has 2 bridgehead atoms. The van der Waals surface area contributed by atoms with Crippen LogP contribution in [0.2, 0.25) is 0 Å². The molecular formula is C18H16N4O. The van der Waals surface area contributed by atoms with Gasteiger partial charge in [0.2, 0.25) is 0 Å². The van der Waals surface area contributed by atoms with Crippen molar-refractivity contribution in [3.8, 4) is 24.3 Å². The summed E-state index contributed by atoms with van der Waals surface area (Å²) < 4.78 is 5.96. The minimum Gasteiger partial charge on any atom is -0.492 e. The number of fused-ring (bicyclic) bond motifs is 1. The summed E-state index contributed by atoms with van der Waals surface area (Å²) in [5.74, 6) is -0.343. The molecule has 4 atom stereocenters. The minimum atomic E-state index is -1.67. The van der Waals surface area contributed by atoms with Crippen LogP contribution in [0.1, 0.15) is 20.8 Å². The summed E-state index contributed by atoms with van der Waals surface area (Å²) in [6.07, 6.45) is 5.60. The third-order valence-corrected chi connectivity index (χ3v) is 5.18. The van der Waals surface area contributed by atoms with Crippen molar-refractivity contribution < 1.29 is 4.74 Å². The smallest absolute Gasteiger partial charge is 0.182 e. The number of nitrogens with zero attached hydrogens (tertiary/aromatic N) is 4. The van der Waals surface area contributed by atoms with Gasteiger partial charge in [-0.25, -0.2) is 0 Å². The van der Waals surface area contributed by atoms with Crippen molar-refractivity contribution >= 4 is 0 Å². The highest BCUT2D eigenvalue weighted by atomic mass is 16.5. The fraction of sp³-hybridized carbons (Fsp3) is 0.556. The quantitative estimate of drug-likeness (QED) is 0.693. The summed E-state index contributed by atoms with van der Waals surface area (Å²) in [6, 6.07) is 8.06. The van der Waals surface area contributed by atoms with Gasteiger partial charge in [-0.3, -0.25) is 0 Å². The van der Waals surface area contributed by atoms with Gasteiger partial charge in [0.05, 0.1) is 30.0 Å². The Kier molecular flexibility index (Phi) is 2.88. The van der Waals surface area contributed by atoms with Crippen LogP contribution in [0.4, 0.5) is 0 Å². The van der Waals surface area contributed by atoms with Crippen LogP contribution in [0, 0.1) is 79.8 Å². The molecule has 0 unspecified atom stereocenters. The Morgan fingerprint density at radius 1 is 0.913 bits per heavy atom. The second-order valence-electron chi connectivity index (χ2n) is 7.39. The Bertz CT molecular complexity index is 759. The first-order valence-electron chi connectivity index (χ1n) is 7.54. The predicted octanol–water partition coefficient (Wildman–Crippen LogP) is 2.81. The molecule has 0 spiro atoms. The van der Waals surface area contributed by atoms with Gasteiger partial charge in [-0.2, -0.15) is 21.0 Å². The lowest BCUT2D eigenvalue weighted by molar-refractivity contribution is -0.0644. The molecule has 5 heteroatoms. The maximum atomic E-state index is 9.74. The zero-order chi connectivity index (χ0) is 17.0. The number of nitriles is 4. The van der Waals surface area contributed by atoms with Gasteiger partial charge in [-0.1, -0.05) is 12.2 Å². The summed E-state index contributed by atoms with van der Waals surface area (Å²) in [5.41, 5.74) is -3.68. The van der Waals surface area contributed by atoms with E-state index in [1.807, 2.05) is 63.3 Å². The molecule has 0 saturated heterocycles. The van der Waals surface area contributed by atoms with Gasteiger partial charge in [0, 0.05) is 17.8 Å². The first-order chi connectivity index (χ1) is 10.8. The Hall–Kier alpha value is -2.76. The average Bonchev–Trinajstić information content (AvgIpc) is 2.50. The highest BCUT2D eigenvalue weighted by molar-refractivity contribution is 5.49. The molecule has 0 amide bonds. The van der Waals surface area contributed by atoms with Crippen LogP contribution in [0.15, 0.2) is 24.0 Å². The largest absolute Gasteiger partial charge is 0.492 e. The fourth-order valence-electron chi connectivity index (χ4n) is 4.24. The van der Waals surface area contributed by atoms with E-state index in [1.54, 1.807) is 0 Å². The number of rotatable bonds is 1. The zero-order valence-electron chi connectivity index (χ0n) is 13.2. The lowest BCUT2D eigenvalue weighted by Gasteiger charge is -2.59. The van der Waals surface area contributed by atoms with Crippen LogP contribution < -0.4 is 0 Å². The molecular weight excluding hydrogens is 288 g/mol. The summed E-state index contributed by atoms with van der Waals surface area (Å²) in [6.45, 7) is 5.82. The van der Waals surface area contributed by atoms with Gasteiger partial charge in [0.1, 0.15) is 5.60 Å². The van der Waals surface area contributed by atoms with Crippen molar-refractivity contribution in [2.24, 2.45) is 34.5 Å². The number of hydrogen-bond donors (Lipinski definition) is 0. The lowest BCUT2D eigenvalue weighted by atomic mass is 9.38. The van der Waals surface area contributed by atoms with Crippen LogP contribution >= 0.6 is 0 Å². The molecule has 4 rings (SSSR count). The van der Waals surface area contributed by atoms with Crippen LogP contribution in [-0.2, 0) is 4.74 Å². The fourth-order valence-corrected chi connectivity index (χ4v) is 4.24. The van der Waals surface area contributed by atoms with Gasteiger partial charge in [0.25, 0.3) is 0 Å². The molecule has 0 radical (unpaired) electrons. The van der Waals surface area contributed by atoms with Crippen molar-refractivity contribution in [1.82, 2.24) is 0 Å². The molecule has 4 aliphatic rings. The zero-order valence-corrected chi connectivity index (χ0v) is 13.2. The van der Waals surface area contributed by atoms with Crippen LogP contribution in [0.3, 0.4) is 0 Å². The summed E-state index contributed by atoms with van der Waals surface area (Å²) in [4.78, 5) is 0. The Morgan fingerprint density at radius 3 is 1.87 bits per heavy atom. The lowest BCUT2D eigenvalue weighted by Crippen LogP contribution is -2.63. The van der Waals surface area contributed by atoms with E-state index in [-0.39, 0.29) is 17.4 Å². The van der Waals surface area contributed by atoms with Gasteiger partial charge in [-0.05, 0) is 32.8 Å². The molecule has 0 aromatic rings. The molecule has 1 fully saturated rings. The van der Waals surface area contributed by atoms with Gasteiger partial charge in [-0.15, -0.1) is 0 Å². The van der Waals surface area contributed by atoms with Crippen LogP contribution in [0.25, 0.3) is 0 Å². The second kappa shape index (κ2) is 4.38. The summed E-state index contributed by atoms with van der Waals surface area (Å²) in [7, 11) is 0. The van der Waals surface area contributed by atoms with Crippen LogP contribution in [-0.4, -0.2) is 5.60 Å². The normalized spacial score (nSPS) is 34.5. The SMILES string of the molecule is CC(C)(C)OC1=C[C@H]2[C@H]1[C@H]1C=C[C@H]2C(C#N)(C#N)C1(C#N)C#N. The highest BCUT2D eigenvalue weighted by Gasteiger charge is 2.73. The number of hydrogen-bond acceptors (Lipinski definition) is 5. The molecule has 1 saturated carbocycles. The van der Waals surface area contributed by atoms with Crippen LogP contribution in [0.5, 0.6) is 0 Å².